The molecule has 0 atom stereocenters. The topological polar surface area (TPSA) is 87.5 Å². The van der Waals surface area contributed by atoms with Crippen molar-refractivity contribution in [1.29, 1.82) is 0 Å². The molecule has 0 bridgehead atoms. The minimum atomic E-state index is -0.324. The lowest BCUT2D eigenvalue weighted by molar-refractivity contribution is -0.121. The number of likely N-dealkylation sites (tertiary alicyclic amines) is 1. The smallest absolute Gasteiger partial charge is 0.314 e. The van der Waals surface area contributed by atoms with Crippen LogP contribution in [-0.2, 0) is 4.79 Å². The summed E-state index contributed by atoms with van der Waals surface area (Å²) in [5.74, 6) is 0.174. The van der Waals surface area contributed by atoms with Gasteiger partial charge in [-0.05, 0) is 38.6 Å². The number of piperidine rings is 1. The van der Waals surface area contributed by atoms with Gasteiger partial charge in [0.15, 0.2) is 0 Å². The van der Waals surface area contributed by atoms with Gasteiger partial charge in [0.1, 0.15) is 0 Å². The number of nitrogens with one attached hydrogen (secondary N) is 2. The maximum absolute atomic E-state index is 11.5. The van der Waals surface area contributed by atoms with E-state index in [-0.39, 0.29) is 11.9 Å². The molecule has 3 amide bonds. The largest absolute Gasteiger partial charge is 0.353 e. The normalized spacial score (nSPS) is 20.3. The van der Waals surface area contributed by atoms with E-state index in [2.05, 4.69) is 10.6 Å². The molecule has 1 saturated carbocycles. The first kappa shape index (κ1) is 14.1. The van der Waals surface area contributed by atoms with Crippen molar-refractivity contribution in [3.8, 4) is 0 Å². The van der Waals surface area contributed by atoms with Crippen LogP contribution in [0.1, 0.15) is 38.5 Å². The third-order valence-corrected chi connectivity index (χ3v) is 3.76. The molecule has 2 aliphatic rings. The van der Waals surface area contributed by atoms with Crippen molar-refractivity contribution >= 4 is 11.9 Å². The second-order valence-electron chi connectivity index (χ2n) is 5.50. The van der Waals surface area contributed by atoms with Crippen LogP contribution < -0.4 is 16.4 Å². The molecule has 2 fully saturated rings. The Kier molecular flexibility index (Phi) is 5.01. The molecule has 0 unspecified atom stereocenters. The van der Waals surface area contributed by atoms with E-state index < -0.39 is 0 Å². The highest BCUT2D eigenvalue weighted by Crippen LogP contribution is 2.18. The first-order valence-corrected chi connectivity index (χ1v) is 7.22. The molecule has 1 aliphatic heterocycles. The van der Waals surface area contributed by atoms with E-state index in [0.717, 1.165) is 51.7 Å². The Balaban J connectivity index is 1.49. The zero-order valence-electron chi connectivity index (χ0n) is 11.4. The Morgan fingerprint density at radius 3 is 2.37 bits per heavy atom. The zero-order valence-corrected chi connectivity index (χ0v) is 11.4. The van der Waals surface area contributed by atoms with Crippen molar-refractivity contribution < 1.29 is 9.59 Å². The molecule has 2 rings (SSSR count). The van der Waals surface area contributed by atoms with E-state index in [1.807, 2.05) is 0 Å². The Labute approximate surface area is 114 Å². The van der Waals surface area contributed by atoms with Gasteiger partial charge in [-0.1, -0.05) is 0 Å². The second-order valence-corrected chi connectivity index (χ2v) is 5.50. The molecule has 6 heteroatoms. The van der Waals surface area contributed by atoms with Gasteiger partial charge in [0, 0.05) is 31.6 Å². The van der Waals surface area contributed by atoms with Gasteiger partial charge in [-0.3, -0.25) is 4.79 Å². The van der Waals surface area contributed by atoms with Crippen LogP contribution in [0, 0.1) is 0 Å². The molecule has 19 heavy (non-hydrogen) atoms. The maximum atomic E-state index is 11.5. The summed E-state index contributed by atoms with van der Waals surface area (Å²) in [4.78, 5) is 24.1. The fraction of sp³-hybridized carbons (Fsp3) is 0.846. The summed E-state index contributed by atoms with van der Waals surface area (Å²) in [7, 11) is 0. The predicted octanol–water partition coefficient (Wildman–Crippen LogP) is 0.178. The molecular formula is C13H24N4O2. The average Bonchev–Trinajstić information content (AvgIpc) is 3.19. The van der Waals surface area contributed by atoms with Crippen molar-refractivity contribution in [2.24, 2.45) is 5.73 Å². The summed E-state index contributed by atoms with van der Waals surface area (Å²) in [6, 6.07) is 0.580. The summed E-state index contributed by atoms with van der Waals surface area (Å²) in [5, 5.41) is 6.43. The number of hydrogen-bond acceptors (Lipinski definition) is 3. The number of rotatable bonds is 6. The standard InChI is InChI=1S/C13H24N4O2/c14-13(19)17-8-5-10(6-9-17)15-7-1-2-12(18)16-11-3-4-11/h10-11,15H,1-9H2,(H2,14,19)(H,16,18). The molecule has 0 radical (unpaired) electrons. The van der Waals surface area contributed by atoms with E-state index in [9.17, 15) is 9.59 Å². The van der Waals surface area contributed by atoms with Gasteiger partial charge < -0.3 is 21.3 Å². The highest BCUT2D eigenvalue weighted by Gasteiger charge is 2.23. The lowest BCUT2D eigenvalue weighted by Crippen LogP contribution is -2.47. The van der Waals surface area contributed by atoms with E-state index in [0.29, 0.717) is 18.5 Å². The SMILES string of the molecule is NC(=O)N1CCC(NCCCC(=O)NC2CC2)CC1. The van der Waals surface area contributed by atoms with Gasteiger partial charge >= 0.3 is 6.03 Å². The van der Waals surface area contributed by atoms with Crippen LogP contribution in [0.4, 0.5) is 4.79 Å². The fourth-order valence-electron chi connectivity index (χ4n) is 2.39. The van der Waals surface area contributed by atoms with Gasteiger partial charge in [0.05, 0.1) is 0 Å². The third-order valence-electron chi connectivity index (χ3n) is 3.76. The van der Waals surface area contributed by atoms with Crippen LogP contribution in [-0.4, -0.2) is 48.6 Å². The van der Waals surface area contributed by atoms with E-state index in [1.54, 1.807) is 4.90 Å². The minimum Gasteiger partial charge on any atom is -0.353 e. The summed E-state index contributed by atoms with van der Waals surface area (Å²) >= 11 is 0. The van der Waals surface area contributed by atoms with E-state index in [4.69, 9.17) is 5.73 Å². The molecule has 4 N–H and O–H groups in total. The summed E-state index contributed by atoms with van der Waals surface area (Å²) in [6.45, 7) is 2.32. The second kappa shape index (κ2) is 6.75. The van der Waals surface area contributed by atoms with E-state index >= 15 is 0 Å². The summed E-state index contributed by atoms with van der Waals surface area (Å²) in [6.07, 6.45) is 5.64. The van der Waals surface area contributed by atoms with Crippen LogP contribution in [0.15, 0.2) is 0 Å². The quantitative estimate of drug-likeness (QED) is 0.600. The van der Waals surface area contributed by atoms with Crippen LogP contribution in [0.3, 0.4) is 0 Å². The molecule has 1 aliphatic carbocycles. The van der Waals surface area contributed by atoms with Crippen molar-refractivity contribution in [3.63, 3.8) is 0 Å². The molecule has 6 nitrogen and oxygen atoms in total. The average molecular weight is 268 g/mol. The number of nitrogens with zero attached hydrogens (tertiary/aromatic N) is 1. The fourth-order valence-corrected chi connectivity index (χ4v) is 2.39. The molecule has 0 aromatic carbocycles. The summed E-state index contributed by atoms with van der Waals surface area (Å²) < 4.78 is 0. The molecule has 108 valence electrons. The van der Waals surface area contributed by atoms with Gasteiger partial charge in [-0.2, -0.15) is 0 Å². The van der Waals surface area contributed by atoms with Crippen LogP contribution in [0.25, 0.3) is 0 Å². The molecule has 1 saturated heterocycles. The Morgan fingerprint density at radius 1 is 1.11 bits per heavy atom. The lowest BCUT2D eigenvalue weighted by atomic mass is 10.1. The Hall–Kier alpha value is -1.30. The predicted molar refractivity (Wildman–Crippen MR) is 72.6 cm³/mol. The van der Waals surface area contributed by atoms with Crippen LogP contribution in [0.5, 0.6) is 0 Å². The highest BCUT2D eigenvalue weighted by atomic mass is 16.2. The molecule has 0 spiro atoms. The minimum absolute atomic E-state index is 0.174. The Bertz CT molecular complexity index is 323. The molecule has 0 aromatic heterocycles. The number of primary amides is 1. The number of urea groups is 1. The van der Waals surface area contributed by atoms with Crippen molar-refractivity contribution in [3.05, 3.63) is 0 Å². The third kappa shape index (κ3) is 5.06. The molecule has 1 heterocycles. The molecule has 0 aromatic rings. The first-order valence-electron chi connectivity index (χ1n) is 7.22. The van der Waals surface area contributed by atoms with Crippen molar-refractivity contribution in [1.82, 2.24) is 15.5 Å². The van der Waals surface area contributed by atoms with Gasteiger partial charge in [-0.25, -0.2) is 4.79 Å². The van der Waals surface area contributed by atoms with Gasteiger partial charge in [0.2, 0.25) is 5.91 Å². The van der Waals surface area contributed by atoms with Crippen molar-refractivity contribution in [2.45, 2.75) is 50.6 Å². The number of carbonyl (C=O) groups is 2. The number of nitrogens with two attached hydrogens (primary N) is 1. The monoisotopic (exact) mass is 268 g/mol. The van der Waals surface area contributed by atoms with Crippen LogP contribution in [0.2, 0.25) is 0 Å². The zero-order chi connectivity index (χ0) is 13.7. The van der Waals surface area contributed by atoms with Crippen molar-refractivity contribution in [2.75, 3.05) is 19.6 Å². The molecular weight excluding hydrogens is 244 g/mol. The van der Waals surface area contributed by atoms with Gasteiger partial charge in [-0.15, -0.1) is 0 Å². The number of carbonyl (C=O) groups excluding carboxylic acids is 2. The summed E-state index contributed by atoms with van der Waals surface area (Å²) in [5.41, 5.74) is 5.23. The number of amides is 3. The Morgan fingerprint density at radius 2 is 1.79 bits per heavy atom. The van der Waals surface area contributed by atoms with E-state index in [1.165, 1.54) is 0 Å². The number of hydrogen-bond donors (Lipinski definition) is 3. The lowest BCUT2D eigenvalue weighted by Gasteiger charge is -2.31. The van der Waals surface area contributed by atoms with Gasteiger partial charge in [0.25, 0.3) is 0 Å². The van der Waals surface area contributed by atoms with Crippen LogP contribution >= 0.6 is 0 Å². The maximum Gasteiger partial charge on any atom is 0.314 e. The first-order chi connectivity index (χ1) is 9.15. The highest BCUT2D eigenvalue weighted by molar-refractivity contribution is 5.76.